The van der Waals surface area contributed by atoms with E-state index in [-0.39, 0.29) is 23.6 Å². The number of hydrogen-bond donors (Lipinski definition) is 2. The lowest BCUT2D eigenvalue weighted by Crippen LogP contribution is -2.36. The average Bonchev–Trinajstić information content (AvgIpc) is 3.58. The Kier molecular flexibility index (Phi) is 7.91. The smallest absolute Gasteiger partial charge is 0.295 e. The molecule has 1 unspecified atom stereocenters. The maximum absolute atomic E-state index is 13.3. The lowest BCUT2D eigenvalue weighted by Gasteiger charge is -2.25. The SMILES string of the molecule is Cc1cccc(COc2ccc(C(O)=C3C(=O)C(=O)N(CCC[n+]4cc[nH]c4)C3c3cccc([N+](=O)[O-])c3)cc2)c1. The summed E-state index contributed by atoms with van der Waals surface area (Å²) in [5.41, 5.74) is 2.55. The molecule has 208 valence electrons. The number of nitrogens with zero attached hydrogens (tertiary/aromatic N) is 3. The van der Waals surface area contributed by atoms with Crippen LogP contribution in [0.1, 0.15) is 34.7 Å². The zero-order chi connectivity index (χ0) is 28.9. The summed E-state index contributed by atoms with van der Waals surface area (Å²) >= 11 is 0. The number of hydrogen-bond acceptors (Lipinski definition) is 6. The standard InChI is InChI=1S/C31H28N4O6/c1-21-5-2-6-22(17-21)19-41-26-11-9-23(10-12-26)29(36)27-28(24-7-3-8-25(18-24)35(39)40)34(31(38)30(27)37)15-4-14-33-16-13-32-20-33/h2-3,5-13,16-18,20,28H,4,14-15,19H2,1H3,(H,36,37)/p+1. The Hall–Kier alpha value is -5.25. The van der Waals surface area contributed by atoms with Crippen molar-refractivity contribution in [2.24, 2.45) is 0 Å². The first-order valence-electron chi connectivity index (χ1n) is 13.1. The van der Waals surface area contributed by atoms with Gasteiger partial charge < -0.3 is 14.7 Å². The minimum Gasteiger partial charge on any atom is -0.507 e. The third kappa shape index (κ3) is 6.01. The van der Waals surface area contributed by atoms with Gasteiger partial charge in [-0.15, -0.1) is 0 Å². The van der Waals surface area contributed by atoms with E-state index < -0.39 is 22.7 Å². The number of aryl methyl sites for hydroxylation is 2. The number of nitro groups is 1. The number of ether oxygens (including phenoxy) is 1. The molecule has 3 aromatic carbocycles. The van der Waals surface area contributed by atoms with Crippen molar-refractivity contribution in [3.8, 4) is 5.75 Å². The lowest BCUT2D eigenvalue weighted by molar-refractivity contribution is -0.695. The van der Waals surface area contributed by atoms with Gasteiger partial charge in [0.05, 0.1) is 23.1 Å². The number of ketones is 1. The Morgan fingerprint density at radius 3 is 2.59 bits per heavy atom. The Morgan fingerprint density at radius 1 is 1.10 bits per heavy atom. The molecule has 0 saturated carbocycles. The second-order valence-corrected chi connectivity index (χ2v) is 9.85. The molecule has 5 rings (SSSR count). The van der Waals surface area contributed by atoms with Gasteiger partial charge in [-0.3, -0.25) is 24.7 Å². The average molecular weight is 554 g/mol. The Labute approximate surface area is 236 Å². The third-order valence-electron chi connectivity index (χ3n) is 6.97. The molecule has 0 radical (unpaired) electrons. The summed E-state index contributed by atoms with van der Waals surface area (Å²) in [6, 6.07) is 19.4. The van der Waals surface area contributed by atoms with Gasteiger partial charge in [-0.2, -0.15) is 0 Å². The number of aromatic amines is 1. The summed E-state index contributed by atoms with van der Waals surface area (Å²) in [5.74, 6) is -1.39. The van der Waals surface area contributed by atoms with Crippen molar-refractivity contribution in [2.45, 2.75) is 32.5 Å². The number of nitro benzene ring substituents is 1. The Morgan fingerprint density at radius 2 is 1.88 bits per heavy atom. The first kappa shape index (κ1) is 27.3. The first-order valence-corrected chi connectivity index (χ1v) is 13.1. The number of aliphatic hydroxyl groups is 1. The van der Waals surface area contributed by atoms with Crippen molar-refractivity contribution in [3.05, 3.63) is 129 Å². The van der Waals surface area contributed by atoms with Crippen molar-refractivity contribution in [3.63, 3.8) is 0 Å². The molecule has 41 heavy (non-hydrogen) atoms. The number of imidazole rings is 1. The molecular weight excluding hydrogens is 524 g/mol. The van der Waals surface area contributed by atoms with Crippen LogP contribution in [0.3, 0.4) is 0 Å². The topological polar surface area (TPSA) is 130 Å². The number of carbonyl (C=O) groups excluding carboxylic acids is 2. The van der Waals surface area contributed by atoms with E-state index in [1.54, 1.807) is 42.9 Å². The van der Waals surface area contributed by atoms with Crippen LogP contribution in [-0.4, -0.2) is 38.1 Å². The van der Waals surface area contributed by atoms with Gasteiger partial charge in [-0.1, -0.05) is 42.0 Å². The molecule has 1 aliphatic rings. The summed E-state index contributed by atoms with van der Waals surface area (Å²) < 4.78 is 7.77. The molecule has 10 heteroatoms. The summed E-state index contributed by atoms with van der Waals surface area (Å²) in [7, 11) is 0. The predicted molar refractivity (Wildman–Crippen MR) is 150 cm³/mol. The molecule has 0 aliphatic carbocycles. The third-order valence-corrected chi connectivity index (χ3v) is 6.97. The molecule has 2 N–H and O–H groups in total. The van der Waals surface area contributed by atoms with E-state index in [0.717, 1.165) is 11.1 Å². The van der Waals surface area contributed by atoms with Crippen LogP contribution in [0.25, 0.3) is 5.76 Å². The molecule has 1 fully saturated rings. The Balaban J connectivity index is 1.44. The highest BCUT2D eigenvalue weighted by molar-refractivity contribution is 6.46. The van der Waals surface area contributed by atoms with E-state index in [9.17, 15) is 24.8 Å². The molecule has 1 aromatic heterocycles. The second kappa shape index (κ2) is 11.9. The fourth-order valence-electron chi connectivity index (χ4n) is 4.98. The van der Waals surface area contributed by atoms with Crippen LogP contribution in [0.5, 0.6) is 5.75 Å². The van der Waals surface area contributed by atoms with Gasteiger partial charge in [-0.25, -0.2) is 4.57 Å². The largest absolute Gasteiger partial charge is 0.507 e. The number of amides is 1. The number of aromatic nitrogens is 2. The number of H-pyrrole nitrogens is 1. The summed E-state index contributed by atoms with van der Waals surface area (Å²) in [5, 5.41) is 22.8. The normalized spacial score (nSPS) is 16.2. The predicted octanol–water partition coefficient (Wildman–Crippen LogP) is 4.61. The lowest BCUT2D eigenvalue weighted by atomic mass is 9.95. The van der Waals surface area contributed by atoms with Crippen molar-refractivity contribution >= 4 is 23.1 Å². The first-order chi connectivity index (χ1) is 19.8. The number of aliphatic hydroxyl groups excluding tert-OH is 1. The maximum Gasteiger partial charge on any atom is 0.295 e. The Bertz CT molecular complexity index is 1610. The van der Waals surface area contributed by atoms with Gasteiger partial charge in [0.25, 0.3) is 17.4 Å². The molecule has 0 spiro atoms. The van der Waals surface area contributed by atoms with Crippen LogP contribution in [0.2, 0.25) is 0 Å². The van der Waals surface area contributed by atoms with Gasteiger partial charge in [0.2, 0.25) is 6.33 Å². The quantitative estimate of drug-likeness (QED) is 0.0737. The monoisotopic (exact) mass is 553 g/mol. The fourth-order valence-corrected chi connectivity index (χ4v) is 4.98. The van der Waals surface area contributed by atoms with E-state index in [2.05, 4.69) is 4.98 Å². The highest BCUT2D eigenvalue weighted by atomic mass is 16.6. The number of nitrogens with one attached hydrogen (secondary N) is 1. The molecule has 2 heterocycles. The van der Waals surface area contributed by atoms with Crippen molar-refractivity contribution in [2.75, 3.05) is 6.54 Å². The summed E-state index contributed by atoms with van der Waals surface area (Å²) in [6.07, 6.45) is 5.92. The van der Waals surface area contributed by atoms with Crippen LogP contribution in [-0.2, 0) is 22.7 Å². The number of benzene rings is 3. The van der Waals surface area contributed by atoms with E-state index >= 15 is 0 Å². The molecule has 4 aromatic rings. The maximum atomic E-state index is 13.3. The molecule has 1 amide bonds. The molecular formula is C31H29N4O6+. The van der Waals surface area contributed by atoms with E-state index in [0.29, 0.717) is 36.4 Å². The van der Waals surface area contributed by atoms with E-state index in [1.807, 2.05) is 42.0 Å². The van der Waals surface area contributed by atoms with Crippen molar-refractivity contribution in [1.82, 2.24) is 9.88 Å². The van der Waals surface area contributed by atoms with Crippen LogP contribution in [0, 0.1) is 17.0 Å². The van der Waals surface area contributed by atoms with Crippen molar-refractivity contribution in [1.29, 1.82) is 0 Å². The number of non-ortho nitro benzene ring substituents is 1. The van der Waals surface area contributed by atoms with Gasteiger partial charge in [0.15, 0.2) is 0 Å². The number of rotatable bonds is 10. The molecule has 10 nitrogen and oxygen atoms in total. The second-order valence-electron chi connectivity index (χ2n) is 9.85. The highest BCUT2D eigenvalue weighted by Gasteiger charge is 2.46. The number of carbonyl (C=O) groups is 2. The number of Topliss-reactive ketones (excluding diaryl/α,β-unsaturated/α-hetero) is 1. The zero-order valence-electron chi connectivity index (χ0n) is 22.4. The van der Waals surface area contributed by atoms with Crippen LogP contribution >= 0.6 is 0 Å². The molecule has 1 aliphatic heterocycles. The fraction of sp³-hybridized carbons (Fsp3) is 0.194. The van der Waals surface area contributed by atoms with Crippen LogP contribution in [0.15, 0.2) is 97.1 Å². The van der Waals surface area contributed by atoms with Crippen LogP contribution < -0.4 is 9.30 Å². The minimum absolute atomic E-state index is 0.113. The molecule has 1 atom stereocenters. The van der Waals surface area contributed by atoms with Gasteiger partial charge >= 0.3 is 0 Å². The number of likely N-dealkylation sites (tertiary alicyclic amines) is 1. The van der Waals surface area contributed by atoms with E-state index in [1.165, 1.54) is 23.1 Å². The van der Waals surface area contributed by atoms with E-state index in [4.69, 9.17) is 4.74 Å². The minimum atomic E-state index is -0.983. The highest BCUT2D eigenvalue weighted by Crippen LogP contribution is 2.40. The molecule has 1 saturated heterocycles. The summed E-state index contributed by atoms with van der Waals surface area (Å²) in [6.45, 7) is 3.16. The summed E-state index contributed by atoms with van der Waals surface area (Å²) in [4.78, 5) is 41.8. The van der Waals surface area contributed by atoms with Gasteiger partial charge in [0, 0.05) is 30.7 Å². The molecule has 0 bridgehead atoms. The van der Waals surface area contributed by atoms with Crippen LogP contribution in [0.4, 0.5) is 5.69 Å². The van der Waals surface area contributed by atoms with Gasteiger partial charge in [0.1, 0.15) is 30.5 Å². The van der Waals surface area contributed by atoms with Crippen molar-refractivity contribution < 1.29 is 28.9 Å². The van der Waals surface area contributed by atoms with Gasteiger partial charge in [-0.05, 0) is 42.3 Å². The zero-order valence-corrected chi connectivity index (χ0v) is 22.4.